The molecule has 0 radical (unpaired) electrons. The van der Waals surface area contributed by atoms with Gasteiger partial charge in [0.15, 0.2) is 0 Å². The highest BCUT2D eigenvalue weighted by Crippen LogP contribution is 2.48. The van der Waals surface area contributed by atoms with Gasteiger partial charge in [-0.1, -0.05) is 139 Å². The molecule has 57 heavy (non-hydrogen) atoms. The Balaban J connectivity index is 1.37. The topological polar surface area (TPSA) is 49.2 Å². The standard InChI is InChI=1S/C52H45N3OS/c1-51(2,3)37-30-42(49(56)43(31-37)52(4,5)6)48-50-41(40-22-12-13-24-46(40)57-50)32-44(54-48)36-27-35(33-17-8-7-9-18-33)28-38(29-36)55(47-25-14-15-26-53-47)45-23-16-20-34-19-10-11-21-39(34)45/h7-32,56H,1-6H3. The number of rotatable bonds is 6. The van der Waals surface area contributed by atoms with Crippen LogP contribution in [0.5, 0.6) is 5.75 Å². The van der Waals surface area contributed by atoms with E-state index in [1.165, 1.54) is 10.1 Å². The summed E-state index contributed by atoms with van der Waals surface area (Å²) in [5.74, 6) is 1.10. The number of phenolic OH excluding ortho intramolecular Hbond substituents is 1. The van der Waals surface area contributed by atoms with Crippen molar-refractivity contribution < 1.29 is 5.11 Å². The summed E-state index contributed by atoms with van der Waals surface area (Å²) in [6.07, 6.45) is 1.85. The van der Waals surface area contributed by atoms with E-state index in [-0.39, 0.29) is 16.6 Å². The lowest BCUT2D eigenvalue weighted by atomic mass is 9.78. The lowest BCUT2D eigenvalue weighted by Crippen LogP contribution is -2.17. The lowest BCUT2D eigenvalue weighted by molar-refractivity contribution is 0.446. The normalized spacial score (nSPS) is 12.1. The van der Waals surface area contributed by atoms with Gasteiger partial charge >= 0.3 is 0 Å². The molecule has 0 bridgehead atoms. The van der Waals surface area contributed by atoms with Crippen molar-refractivity contribution >= 4 is 59.5 Å². The number of thiophene rings is 1. The minimum absolute atomic E-state index is 0.144. The number of nitrogens with zero attached hydrogens (tertiary/aromatic N) is 3. The van der Waals surface area contributed by atoms with Gasteiger partial charge < -0.3 is 5.11 Å². The molecule has 3 aromatic heterocycles. The maximum Gasteiger partial charge on any atom is 0.137 e. The van der Waals surface area contributed by atoms with Crippen LogP contribution in [0.2, 0.25) is 0 Å². The molecule has 0 aliphatic rings. The first kappa shape index (κ1) is 36.3. The first-order chi connectivity index (χ1) is 27.4. The molecule has 1 N–H and O–H groups in total. The monoisotopic (exact) mass is 759 g/mol. The molecular formula is C52H45N3OS. The number of fused-ring (bicyclic) bond motifs is 4. The largest absolute Gasteiger partial charge is 0.507 e. The zero-order valence-electron chi connectivity index (χ0n) is 33.2. The third kappa shape index (κ3) is 6.72. The number of aromatic nitrogens is 2. The van der Waals surface area contributed by atoms with Crippen LogP contribution in [0.1, 0.15) is 52.7 Å². The number of pyridine rings is 2. The Morgan fingerprint density at radius 3 is 2.04 bits per heavy atom. The zero-order valence-corrected chi connectivity index (χ0v) is 34.0. The fourth-order valence-corrected chi connectivity index (χ4v) is 9.03. The Bertz CT molecular complexity index is 2930. The Morgan fingerprint density at radius 2 is 1.28 bits per heavy atom. The van der Waals surface area contributed by atoms with Gasteiger partial charge in [0.2, 0.25) is 0 Å². The van der Waals surface area contributed by atoms with Crippen molar-refractivity contribution in [1.29, 1.82) is 0 Å². The second-order valence-electron chi connectivity index (χ2n) is 16.9. The van der Waals surface area contributed by atoms with E-state index in [9.17, 15) is 5.11 Å². The summed E-state index contributed by atoms with van der Waals surface area (Å²) in [5.41, 5.74) is 9.17. The third-order valence-corrected chi connectivity index (χ3v) is 12.1. The van der Waals surface area contributed by atoms with Crippen molar-refractivity contribution in [3.63, 3.8) is 0 Å². The number of aromatic hydroxyl groups is 1. The van der Waals surface area contributed by atoms with Gasteiger partial charge in [-0.25, -0.2) is 9.97 Å². The highest BCUT2D eigenvalue weighted by molar-refractivity contribution is 7.26. The number of anilines is 3. The van der Waals surface area contributed by atoms with E-state index in [2.05, 4.69) is 186 Å². The van der Waals surface area contributed by atoms with E-state index in [4.69, 9.17) is 9.97 Å². The number of hydrogen-bond donors (Lipinski definition) is 1. The molecule has 9 rings (SSSR count). The van der Waals surface area contributed by atoms with Gasteiger partial charge in [0.1, 0.15) is 11.6 Å². The molecule has 5 heteroatoms. The van der Waals surface area contributed by atoms with Crippen LogP contribution in [0.25, 0.3) is 64.6 Å². The van der Waals surface area contributed by atoms with Gasteiger partial charge in [0.25, 0.3) is 0 Å². The average molecular weight is 760 g/mol. The zero-order chi connectivity index (χ0) is 39.5. The second-order valence-corrected chi connectivity index (χ2v) is 18.0. The number of hydrogen-bond acceptors (Lipinski definition) is 5. The Hall–Kier alpha value is -6.30. The molecular weight excluding hydrogens is 715 g/mol. The van der Waals surface area contributed by atoms with Gasteiger partial charge in [-0.3, -0.25) is 4.90 Å². The summed E-state index contributed by atoms with van der Waals surface area (Å²) >= 11 is 1.74. The maximum atomic E-state index is 12.3. The molecule has 0 atom stereocenters. The van der Waals surface area contributed by atoms with E-state index in [0.29, 0.717) is 0 Å². The Labute approximate surface area is 338 Å². The second kappa shape index (κ2) is 14.0. The van der Waals surface area contributed by atoms with Crippen LogP contribution < -0.4 is 4.90 Å². The molecule has 9 aromatic rings. The first-order valence-corrected chi connectivity index (χ1v) is 20.4. The van der Waals surface area contributed by atoms with Crippen molar-refractivity contribution in [1.82, 2.24) is 9.97 Å². The molecule has 0 fully saturated rings. The van der Waals surface area contributed by atoms with Gasteiger partial charge in [0, 0.05) is 49.4 Å². The predicted molar refractivity (Wildman–Crippen MR) is 242 cm³/mol. The molecule has 6 aromatic carbocycles. The minimum atomic E-state index is -0.285. The summed E-state index contributed by atoms with van der Waals surface area (Å²) in [5, 5.41) is 16.8. The molecule has 0 aliphatic carbocycles. The summed E-state index contributed by atoms with van der Waals surface area (Å²) in [7, 11) is 0. The van der Waals surface area contributed by atoms with Crippen LogP contribution >= 0.6 is 11.3 Å². The van der Waals surface area contributed by atoms with E-state index >= 15 is 0 Å². The molecule has 3 heterocycles. The molecule has 0 amide bonds. The van der Waals surface area contributed by atoms with Crippen LogP contribution in [0.4, 0.5) is 17.2 Å². The highest BCUT2D eigenvalue weighted by atomic mass is 32.1. The Morgan fingerprint density at radius 1 is 0.579 bits per heavy atom. The maximum absolute atomic E-state index is 12.3. The fourth-order valence-electron chi connectivity index (χ4n) is 7.84. The van der Waals surface area contributed by atoms with Crippen LogP contribution in [-0.4, -0.2) is 15.1 Å². The Kier molecular flexibility index (Phi) is 8.94. The molecule has 0 unspecified atom stereocenters. The van der Waals surface area contributed by atoms with Crippen LogP contribution in [0.15, 0.2) is 158 Å². The summed E-state index contributed by atoms with van der Waals surface area (Å²) < 4.78 is 2.25. The highest BCUT2D eigenvalue weighted by Gasteiger charge is 2.28. The third-order valence-electron chi connectivity index (χ3n) is 10.9. The van der Waals surface area contributed by atoms with E-state index < -0.39 is 0 Å². The van der Waals surface area contributed by atoms with Crippen molar-refractivity contribution in [2.24, 2.45) is 0 Å². The SMILES string of the molecule is CC(C)(C)c1cc(-c2nc(-c3cc(-c4ccccc4)cc(N(c4ccccn4)c4cccc5ccccc45)c3)cc3c2sc2ccccc23)c(O)c(C(C)(C)C)c1. The first-order valence-electron chi connectivity index (χ1n) is 19.5. The fraction of sp³-hybridized carbons (Fsp3) is 0.154. The van der Waals surface area contributed by atoms with Gasteiger partial charge in [0.05, 0.1) is 21.8 Å². The van der Waals surface area contributed by atoms with Gasteiger partial charge in [-0.15, -0.1) is 11.3 Å². The van der Waals surface area contributed by atoms with Crippen LogP contribution in [0, 0.1) is 0 Å². The van der Waals surface area contributed by atoms with Crippen LogP contribution in [0.3, 0.4) is 0 Å². The average Bonchev–Trinajstić information content (AvgIpc) is 3.59. The molecule has 0 aliphatic heterocycles. The van der Waals surface area contributed by atoms with Crippen LogP contribution in [-0.2, 0) is 10.8 Å². The van der Waals surface area contributed by atoms with E-state index in [1.54, 1.807) is 11.3 Å². The predicted octanol–water partition coefficient (Wildman–Crippen LogP) is 14.8. The minimum Gasteiger partial charge on any atom is -0.507 e. The van der Waals surface area contributed by atoms with Crippen molar-refractivity contribution in [2.75, 3.05) is 4.90 Å². The summed E-state index contributed by atoms with van der Waals surface area (Å²) in [6, 6.07) is 53.4. The smallest absolute Gasteiger partial charge is 0.137 e. The van der Waals surface area contributed by atoms with Crippen molar-refractivity contribution in [2.45, 2.75) is 52.4 Å². The van der Waals surface area contributed by atoms with E-state index in [0.717, 1.165) is 82.8 Å². The van der Waals surface area contributed by atoms with Gasteiger partial charge in [-0.05, 0) is 87.5 Å². The summed E-state index contributed by atoms with van der Waals surface area (Å²) in [6.45, 7) is 13.2. The quantitative estimate of drug-likeness (QED) is 0.183. The summed E-state index contributed by atoms with van der Waals surface area (Å²) in [4.78, 5) is 12.8. The van der Waals surface area contributed by atoms with Gasteiger partial charge in [-0.2, -0.15) is 0 Å². The van der Waals surface area contributed by atoms with Crippen molar-refractivity contribution in [3.05, 3.63) is 169 Å². The molecule has 0 saturated carbocycles. The molecule has 4 nitrogen and oxygen atoms in total. The molecule has 0 spiro atoms. The van der Waals surface area contributed by atoms with Crippen molar-refractivity contribution in [3.8, 4) is 39.4 Å². The molecule has 0 saturated heterocycles. The van der Waals surface area contributed by atoms with E-state index in [1.807, 2.05) is 18.3 Å². The lowest BCUT2D eigenvalue weighted by Gasteiger charge is -2.28. The number of phenols is 1. The molecule has 280 valence electrons. The number of benzene rings is 6.